The third kappa shape index (κ3) is 5.09. The van der Waals surface area contributed by atoms with Crippen molar-refractivity contribution in [1.82, 2.24) is 4.90 Å². The molecule has 0 aromatic heterocycles. The van der Waals surface area contributed by atoms with Crippen LogP contribution in [0, 0.1) is 5.92 Å². The number of hydrogen-bond donors (Lipinski definition) is 1. The van der Waals surface area contributed by atoms with Gasteiger partial charge in [0, 0.05) is 23.7 Å². The van der Waals surface area contributed by atoms with Gasteiger partial charge >= 0.3 is 12.0 Å². The third-order valence-corrected chi connectivity index (χ3v) is 4.33. The Hall–Kier alpha value is -1.83. The number of nitrogens with one attached hydrogen (secondary N) is 1. The molecule has 1 N–H and O–H groups in total. The Morgan fingerprint density at radius 1 is 1.35 bits per heavy atom. The fourth-order valence-corrected chi connectivity index (χ4v) is 3.00. The highest BCUT2D eigenvalue weighted by Crippen LogP contribution is 2.27. The van der Waals surface area contributed by atoms with Gasteiger partial charge in [0.1, 0.15) is 0 Å². The van der Waals surface area contributed by atoms with Crippen molar-refractivity contribution in [3.8, 4) is 0 Å². The second-order valence-electron chi connectivity index (χ2n) is 5.12. The van der Waals surface area contributed by atoms with E-state index in [0.29, 0.717) is 48.3 Å². The van der Waals surface area contributed by atoms with Crippen LogP contribution in [0.2, 0.25) is 0 Å². The van der Waals surface area contributed by atoms with E-state index in [9.17, 15) is 18.4 Å². The Labute approximate surface area is 137 Å². The summed E-state index contributed by atoms with van der Waals surface area (Å²) in [7, 11) is 1.35. The van der Waals surface area contributed by atoms with Crippen LogP contribution < -0.4 is 5.32 Å². The fourth-order valence-electron chi connectivity index (χ4n) is 2.44. The van der Waals surface area contributed by atoms with Crippen LogP contribution in [0.4, 0.5) is 19.3 Å². The number of nitrogens with zero attached hydrogens (tertiary/aromatic N) is 1. The van der Waals surface area contributed by atoms with Gasteiger partial charge in [0.05, 0.1) is 13.0 Å². The number of hydrogen-bond acceptors (Lipinski definition) is 4. The maximum atomic E-state index is 12.4. The maximum Gasteiger partial charge on any atom is 0.321 e. The number of amides is 2. The molecule has 1 saturated heterocycles. The van der Waals surface area contributed by atoms with Crippen molar-refractivity contribution in [1.29, 1.82) is 0 Å². The quantitative estimate of drug-likeness (QED) is 0.672. The zero-order valence-corrected chi connectivity index (χ0v) is 13.4. The van der Waals surface area contributed by atoms with Crippen molar-refractivity contribution in [2.45, 2.75) is 23.5 Å². The van der Waals surface area contributed by atoms with Crippen LogP contribution in [0.3, 0.4) is 0 Å². The average Bonchev–Trinajstić information content (AvgIpc) is 2.54. The van der Waals surface area contributed by atoms with E-state index in [1.165, 1.54) is 13.2 Å². The molecule has 1 aromatic rings. The molecule has 5 nitrogen and oxygen atoms in total. The Morgan fingerprint density at radius 3 is 2.65 bits per heavy atom. The molecule has 1 aliphatic heterocycles. The van der Waals surface area contributed by atoms with Crippen molar-refractivity contribution < 1.29 is 23.1 Å². The molecule has 0 saturated carbocycles. The van der Waals surface area contributed by atoms with E-state index >= 15 is 0 Å². The van der Waals surface area contributed by atoms with Gasteiger partial charge in [0.15, 0.2) is 0 Å². The van der Waals surface area contributed by atoms with E-state index < -0.39 is 5.76 Å². The lowest BCUT2D eigenvalue weighted by molar-refractivity contribution is -0.146. The van der Waals surface area contributed by atoms with Crippen LogP contribution in [0.25, 0.3) is 0 Å². The number of urea groups is 1. The van der Waals surface area contributed by atoms with Gasteiger partial charge in [-0.2, -0.15) is 8.78 Å². The van der Waals surface area contributed by atoms with Crippen LogP contribution >= 0.6 is 11.8 Å². The van der Waals surface area contributed by atoms with Gasteiger partial charge in [0.2, 0.25) is 0 Å². The summed E-state index contributed by atoms with van der Waals surface area (Å²) in [5.74, 6) is -2.92. The number of likely N-dealkylation sites (tertiary alicyclic amines) is 1. The molecule has 0 unspecified atom stereocenters. The molecule has 1 aromatic carbocycles. The summed E-state index contributed by atoms with van der Waals surface area (Å²) in [4.78, 5) is 25.6. The highest BCUT2D eigenvalue weighted by molar-refractivity contribution is 7.99. The molecule has 0 aliphatic carbocycles. The van der Waals surface area contributed by atoms with Crippen LogP contribution in [0.15, 0.2) is 29.2 Å². The van der Waals surface area contributed by atoms with Gasteiger partial charge in [0.25, 0.3) is 5.76 Å². The smallest absolute Gasteiger partial charge is 0.321 e. The Kier molecular flexibility index (Phi) is 6.20. The van der Waals surface area contributed by atoms with Gasteiger partial charge in [-0.05, 0) is 31.0 Å². The second kappa shape index (κ2) is 8.14. The van der Waals surface area contributed by atoms with Crippen molar-refractivity contribution in [3.05, 3.63) is 24.3 Å². The summed E-state index contributed by atoms with van der Waals surface area (Å²) in [5, 5.41) is 2.70. The summed E-state index contributed by atoms with van der Waals surface area (Å²) in [6.07, 6.45) is 1.11. The molecule has 23 heavy (non-hydrogen) atoms. The van der Waals surface area contributed by atoms with Crippen molar-refractivity contribution in [2.75, 3.05) is 25.5 Å². The fraction of sp³-hybridized carbons (Fsp3) is 0.467. The van der Waals surface area contributed by atoms with Gasteiger partial charge in [-0.25, -0.2) is 4.79 Å². The molecule has 1 heterocycles. The van der Waals surface area contributed by atoms with Crippen LogP contribution in [-0.4, -0.2) is 42.9 Å². The second-order valence-corrected chi connectivity index (χ2v) is 6.18. The number of ether oxygens (including phenoxy) is 1. The van der Waals surface area contributed by atoms with Crippen LogP contribution in [0.1, 0.15) is 12.8 Å². The molecule has 2 amide bonds. The van der Waals surface area contributed by atoms with E-state index in [4.69, 9.17) is 4.74 Å². The molecular formula is C15H18F2N2O3S. The van der Waals surface area contributed by atoms with Crippen LogP contribution in [0.5, 0.6) is 0 Å². The number of anilines is 1. The predicted molar refractivity (Wildman–Crippen MR) is 83.6 cm³/mol. The minimum atomic E-state index is -2.50. The SMILES string of the molecule is COC(=O)C1CCN(C(=O)Nc2cccc(SC(F)F)c2)CC1. The zero-order valence-electron chi connectivity index (χ0n) is 12.6. The lowest BCUT2D eigenvalue weighted by Crippen LogP contribution is -2.42. The topological polar surface area (TPSA) is 58.6 Å². The lowest BCUT2D eigenvalue weighted by atomic mass is 9.97. The highest BCUT2D eigenvalue weighted by Gasteiger charge is 2.27. The third-order valence-electron chi connectivity index (χ3n) is 3.63. The van der Waals surface area contributed by atoms with E-state index in [-0.39, 0.29) is 17.9 Å². The lowest BCUT2D eigenvalue weighted by Gasteiger charge is -2.30. The van der Waals surface area contributed by atoms with E-state index in [2.05, 4.69) is 5.32 Å². The summed E-state index contributed by atoms with van der Waals surface area (Å²) >= 11 is 0.432. The van der Waals surface area contributed by atoms with Crippen LogP contribution in [-0.2, 0) is 9.53 Å². The van der Waals surface area contributed by atoms with Gasteiger partial charge in [-0.1, -0.05) is 17.8 Å². The van der Waals surface area contributed by atoms with Crippen molar-refractivity contribution in [3.63, 3.8) is 0 Å². The number of thioether (sulfide) groups is 1. The molecule has 1 aliphatic rings. The molecule has 0 bridgehead atoms. The van der Waals surface area contributed by atoms with E-state index in [1.54, 1.807) is 23.1 Å². The standard InChI is InChI=1S/C15H18F2N2O3S/c1-22-13(20)10-5-7-19(8-6-10)15(21)18-11-3-2-4-12(9-11)23-14(16)17/h2-4,9-10,14H,5-8H2,1H3,(H,18,21). The summed E-state index contributed by atoms with van der Waals surface area (Å²) < 4.78 is 29.4. The molecule has 2 rings (SSSR count). The Bertz CT molecular complexity index is 563. The first kappa shape index (κ1) is 17.5. The normalized spacial score (nSPS) is 15.6. The van der Waals surface area contributed by atoms with Gasteiger partial charge in [-0.3, -0.25) is 4.79 Å². The monoisotopic (exact) mass is 344 g/mol. The molecule has 126 valence electrons. The number of alkyl halides is 2. The van der Waals surface area contributed by atoms with Crippen molar-refractivity contribution >= 4 is 29.4 Å². The highest BCUT2D eigenvalue weighted by atomic mass is 32.2. The summed E-state index contributed by atoms with van der Waals surface area (Å²) in [5.41, 5.74) is 0.468. The molecule has 1 fully saturated rings. The van der Waals surface area contributed by atoms with Gasteiger partial charge in [-0.15, -0.1) is 0 Å². The molecule has 8 heteroatoms. The minimum Gasteiger partial charge on any atom is -0.469 e. The Balaban J connectivity index is 1.89. The number of carbonyl (C=O) groups excluding carboxylic acids is 2. The number of piperidine rings is 1. The molecule has 0 radical (unpaired) electrons. The zero-order chi connectivity index (χ0) is 16.8. The van der Waals surface area contributed by atoms with E-state index in [0.717, 1.165) is 0 Å². The van der Waals surface area contributed by atoms with Gasteiger partial charge < -0.3 is 15.0 Å². The first-order valence-electron chi connectivity index (χ1n) is 7.18. The molecule has 0 atom stereocenters. The number of methoxy groups -OCH3 is 1. The predicted octanol–water partition coefficient (Wildman–Crippen LogP) is 3.42. The maximum absolute atomic E-state index is 12.4. The largest absolute Gasteiger partial charge is 0.469 e. The minimum absolute atomic E-state index is 0.171. The average molecular weight is 344 g/mol. The number of halogens is 2. The first-order valence-corrected chi connectivity index (χ1v) is 8.06. The number of esters is 1. The van der Waals surface area contributed by atoms with Crippen molar-refractivity contribution in [2.24, 2.45) is 5.92 Å². The molecule has 0 spiro atoms. The number of benzene rings is 1. The first-order chi connectivity index (χ1) is 11.0. The molecular weight excluding hydrogens is 326 g/mol. The summed E-state index contributed by atoms with van der Waals surface area (Å²) in [6, 6.07) is 6.04. The van der Waals surface area contributed by atoms with E-state index in [1.807, 2.05) is 0 Å². The Morgan fingerprint density at radius 2 is 2.04 bits per heavy atom. The summed E-state index contributed by atoms with van der Waals surface area (Å²) in [6.45, 7) is 0.911. The number of rotatable bonds is 4. The number of carbonyl (C=O) groups is 2.